The van der Waals surface area contributed by atoms with Crippen LogP contribution in [0.3, 0.4) is 0 Å². The average Bonchev–Trinajstić information content (AvgIpc) is 2.79. The van der Waals surface area contributed by atoms with Gasteiger partial charge >= 0.3 is 0 Å². The molecule has 1 aliphatic heterocycles. The van der Waals surface area contributed by atoms with E-state index in [2.05, 4.69) is 47.5 Å². The number of carbonyl (C=O) groups excluding carboxylic acids is 1. The molecule has 0 atom stereocenters. The summed E-state index contributed by atoms with van der Waals surface area (Å²) in [5.74, 6) is 1.63. The molecular weight excluding hydrogens is 372 g/mol. The van der Waals surface area contributed by atoms with Crippen LogP contribution < -0.4 is 10.1 Å². The van der Waals surface area contributed by atoms with Crippen molar-refractivity contribution in [3.63, 3.8) is 0 Å². The van der Waals surface area contributed by atoms with E-state index >= 15 is 0 Å². The predicted molar refractivity (Wildman–Crippen MR) is 122 cm³/mol. The molecule has 0 unspecified atom stereocenters. The summed E-state index contributed by atoms with van der Waals surface area (Å²) < 4.78 is 5.90. The first-order chi connectivity index (χ1) is 14.7. The molecule has 0 aliphatic carbocycles. The number of amides is 1. The second-order valence-corrected chi connectivity index (χ2v) is 8.24. The van der Waals surface area contributed by atoms with E-state index in [0.29, 0.717) is 18.7 Å². The lowest BCUT2D eigenvalue weighted by Gasteiger charge is -2.30. The number of piperidine rings is 1. The minimum absolute atomic E-state index is 0.0603. The van der Waals surface area contributed by atoms with Crippen molar-refractivity contribution in [2.45, 2.75) is 26.3 Å². The number of benzene rings is 3. The zero-order valence-electron chi connectivity index (χ0n) is 17.6. The molecule has 0 bridgehead atoms. The summed E-state index contributed by atoms with van der Waals surface area (Å²) in [6.07, 6.45) is 2.56. The summed E-state index contributed by atoms with van der Waals surface area (Å²) in [6, 6.07) is 22.1. The van der Waals surface area contributed by atoms with E-state index in [0.717, 1.165) is 29.0 Å². The monoisotopic (exact) mass is 402 g/mol. The fraction of sp³-hybridized carbons (Fsp3) is 0.346. The summed E-state index contributed by atoms with van der Waals surface area (Å²) in [5.41, 5.74) is 1.96. The maximum atomic E-state index is 12.4. The fourth-order valence-corrected chi connectivity index (χ4v) is 3.99. The summed E-state index contributed by atoms with van der Waals surface area (Å²) >= 11 is 0. The third-order valence-corrected chi connectivity index (χ3v) is 5.89. The standard InChI is InChI=1S/C26H30N2O2/c1-20-13-16-28(17-14-20)19-21-9-11-23(12-10-21)26(29)27-15-18-30-25-8-4-6-22-5-2-3-7-24(22)25/h2-12,20H,13-19H2,1H3,(H,27,29). The number of nitrogens with one attached hydrogen (secondary N) is 1. The van der Waals surface area contributed by atoms with Crippen molar-refractivity contribution in [3.05, 3.63) is 77.9 Å². The molecule has 1 heterocycles. The SMILES string of the molecule is CC1CCN(Cc2ccc(C(=O)NCCOc3cccc4ccccc34)cc2)CC1. The van der Waals surface area contributed by atoms with Crippen molar-refractivity contribution in [3.8, 4) is 5.75 Å². The van der Waals surface area contributed by atoms with E-state index in [1.807, 2.05) is 36.4 Å². The molecule has 1 fully saturated rings. The van der Waals surface area contributed by atoms with Crippen LogP contribution in [0, 0.1) is 5.92 Å². The molecule has 30 heavy (non-hydrogen) atoms. The van der Waals surface area contributed by atoms with Gasteiger partial charge in [-0.15, -0.1) is 0 Å². The molecule has 1 saturated heterocycles. The Balaban J connectivity index is 1.24. The Kier molecular flexibility index (Phi) is 6.65. The van der Waals surface area contributed by atoms with Gasteiger partial charge in [0.25, 0.3) is 5.91 Å². The van der Waals surface area contributed by atoms with Gasteiger partial charge in [-0.1, -0.05) is 55.5 Å². The number of ether oxygens (including phenoxy) is 1. The van der Waals surface area contributed by atoms with Crippen LogP contribution >= 0.6 is 0 Å². The third-order valence-electron chi connectivity index (χ3n) is 5.89. The van der Waals surface area contributed by atoms with Crippen LogP contribution in [0.25, 0.3) is 10.8 Å². The fourth-order valence-electron chi connectivity index (χ4n) is 3.99. The Morgan fingerprint density at radius 1 is 1.00 bits per heavy atom. The van der Waals surface area contributed by atoms with E-state index in [-0.39, 0.29) is 5.91 Å². The molecule has 4 nitrogen and oxygen atoms in total. The van der Waals surface area contributed by atoms with E-state index in [4.69, 9.17) is 4.74 Å². The normalized spacial score (nSPS) is 15.2. The molecular formula is C26H30N2O2. The summed E-state index contributed by atoms with van der Waals surface area (Å²) in [7, 11) is 0. The van der Waals surface area contributed by atoms with Crippen molar-refractivity contribution < 1.29 is 9.53 Å². The average molecular weight is 403 g/mol. The lowest BCUT2D eigenvalue weighted by molar-refractivity contribution is 0.0947. The van der Waals surface area contributed by atoms with Gasteiger partial charge < -0.3 is 10.1 Å². The Hall–Kier alpha value is -2.85. The van der Waals surface area contributed by atoms with Crippen molar-refractivity contribution in [2.24, 2.45) is 5.92 Å². The quantitative estimate of drug-likeness (QED) is 0.573. The highest BCUT2D eigenvalue weighted by atomic mass is 16.5. The van der Waals surface area contributed by atoms with Gasteiger partial charge in [-0.3, -0.25) is 9.69 Å². The van der Waals surface area contributed by atoms with Crippen molar-refractivity contribution in [2.75, 3.05) is 26.2 Å². The van der Waals surface area contributed by atoms with Gasteiger partial charge in [0, 0.05) is 17.5 Å². The maximum absolute atomic E-state index is 12.4. The molecule has 1 aliphatic rings. The molecule has 156 valence electrons. The molecule has 0 radical (unpaired) electrons. The molecule has 1 amide bonds. The highest BCUT2D eigenvalue weighted by molar-refractivity contribution is 5.94. The van der Waals surface area contributed by atoms with Gasteiger partial charge in [-0.2, -0.15) is 0 Å². The van der Waals surface area contributed by atoms with E-state index < -0.39 is 0 Å². The van der Waals surface area contributed by atoms with E-state index in [1.54, 1.807) is 0 Å². The summed E-state index contributed by atoms with van der Waals surface area (Å²) in [5, 5.41) is 5.19. The Bertz CT molecular complexity index is 970. The Labute approximate surface area is 178 Å². The van der Waals surface area contributed by atoms with Crippen LogP contribution in [0.2, 0.25) is 0 Å². The molecule has 1 N–H and O–H groups in total. The second kappa shape index (κ2) is 9.77. The van der Waals surface area contributed by atoms with Crippen LogP contribution in [-0.2, 0) is 6.54 Å². The van der Waals surface area contributed by atoms with E-state index in [1.165, 1.54) is 31.5 Å². The Morgan fingerprint density at radius 2 is 1.73 bits per heavy atom. The van der Waals surface area contributed by atoms with Crippen molar-refractivity contribution in [1.29, 1.82) is 0 Å². The smallest absolute Gasteiger partial charge is 0.251 e. The van der Waals surface area contributed by atoms with Gasteiger partial charge in [-0.25, -0.2) is 0 Å². The first-order valence-electron chi connectivity index (χ1n) is 10.9. The number of nitrogens with zero attached hydrogens (tertiary/aromatic N) is 1. The molecule has 0 aromatic heterocycles. The van der Waals surface area contributed by atoms with Crippen LogP contribution in [-0.4, -0.2) is 37.0 Å². The lowest BCUT2D eigenvalue weighted by Crippen LogP contribution is -2.32. The van der Waals surface area contributed by atoms with Crippen LogP contribution in [0.5, 0.6) is 5.75 Å². The molecule has 0 spiro atoms. The largest absolute Gasteiger partial charge is 0.491 e. The van der Waals surface area contributed by atoms with Gasteiger partial charge in [-0.05, 0) is 61.0 Å². The highest BCUT2D eigenvalue weighted by Gasteiger charge is 2.15. The molecule has 3 aromatic rings. The number of carbonyl (C=O) groups is 1. The summed E-state index contributed by atoms with van der Waals surface area (Å²) in [6.45, 7) is 6.53. The lowest BCUT2D eigenvalue weighted by atomic mass is 9.99. The van der Waals surface area contributed by atoms with Gasteiger partial charge in [0.15, 0.2) is 0 Å². The minimum atomic E-state index is -0.0603. The maximum Gasteiger partial charge on any atom is 0.251 e. The molecule has 4 heteroatoms. The van der Waals surface area contributed by atoms with Gasteiger partial charge in [0.1, 0.15) is 12.4 Å². The number of hydrogen-bond acceptors (Lipinski definition) is 3. The molecule has 4 rings (SSSR count). The van der Waals surface area contributed by atoms with Crippen LogP contribution in [0.1, 0.15) is 35.7 Å². The zero-order valence-corrected chi connectivity index (χ0v) is 17.6. The third kappa shape index (κ3) is 5.19. The first-order valence-corrected chi connectivity index (χ1v) is 10.9. The number of likely N-dealkylation sites (tertiary alicyclic amines) is 1. The minimum Gasteiger partial charge on any atom is -0.491 e. The number of rotatable bonds is 7. The topological polar surface area (TPSA) is 41.6 Å². The van der Waals surface area contributed by atoms with Gasteiger partial charge in [0.2, 0.25) is 0 Å². The van der Waals surface area contributed by atoms with E-state index in [9.17, 15) is 4.79 Å². The van der Waals surface area contributed by atoms with Gasteiger partial charge in [0.05, 0.1) is 6.54 Å². The zero-order chi connectivity index (χ0) is 20.8. The second-order valence-electron chi connectivity index (χ2n) is 8.24. The van der Waals surface area contributed by atoms with Crippen molar-refractivity contribution in [1.82, 2.24) is 10.2 Å². The molecule has 0 saturated carbocycles. The highest BCUT2D eigenvalue weighted by Crippen LogP contribution is 2.25. The molecule has 3 aromatic carbocycles. The number of fused-ring (bicyclic) bond motifs is 1. The van der Waals surface area contributed by atoms with Crippen LogP contribution in [0.15, 0.2) is 66.7 Å². The predicted octanol–water partition coefficient (Wildman–Crippen LogP) is 4.88. The first kappa shape index (κ1) is 20.4. The van der Waals surface area contributed by atoms with Crippen molar-refractivity contribution >= 4 is 16.7 Å². The number of hydrogen-bond donors (Lipinski definition) is 1. The Morgan fingerprint density at radius 3 is 2.53 bits per heavy atom. The van der Waals surface area contributed by atoms with Crippen LogP contribution in [0.4, 0.5) is 0 Å². The summed E-state index contributed by atoms with van der Waals surface area (Å²) in [4.78, 5) is 14.9.